The molecular weight excluding hydrogens is 494 g/mol. The summed E-state index contributed by atoms with van der Waals surface area (Å²) in [6.45, 7) is 6.10. The molecule has 204 valence electrons. The lowest BCUT2D eigenvalue weighted by Crippen LogP contribution is -2.59. The summed E-state index contributed by atoms with van der Waals surface area (Å²) in [6.07, 6.45) is 7.49. The summed E-state index contributed by atoms with van der Waals surface area (Å²) in [4.78, 5) is 47.6. The van der Waals surface area contributed by atoms with Crippen LogP contribution in [-0.2, 0) is 19.1 Å². The second-order valence-corrected chi connectivity index (χ2v) is 11.7. The Labute approximate surface area is 228 Å². The van der Waals surface area contributed by atoms with E-state index in [1.54, 1.807) is 16.8 Å². The minimum Gasteiger partial charge on any atom is -0.394 e. The molecule has 1 N–H and O–H groups in total. The van der Waals surface area contributed by atoms with Crippen molar-refractivity contribution in [1.29, 1.82) is 0 Å². The van der Waals surface area contributed by atoms with Gasteiger partial charge in [0, 0.05) is 25.8 Å². The zero-order valence-corrected chi connectivity index (χ0v) is 22.8. The third kappa shape index (κ3) is 3.61. The predicted molar refractivity (Wildman–Crippen MR) is 148 cm³/mol. The Kier molecular flexibility index (Phi) is 5.97. The monoisotopic (exact) mass is 529 g/mol. The predicted octanol–water partition coefficient (Wildman–Crippen LogP) is 2.76. The van der Waals surface area contributed by atoms with E-state index in [-0.39, 0.29) is 30.2 Å². The number of carbonyl (C=O) groups excluding carboxylic acids is 3. The molecule has 0 radical (unpaired) electrons. The maximum atomic E-state index is 14.6. The van der Waals surface area contributed by atoms with Crippen molar-refractivity contribution in [2.24, 2.45) is 17.8 Å². The molecule has 2 aromatic carbocycles. The number of hydrogen-bond acceptors (Lipinski definition) is 5. The number of hydrogen-bond donors (Lipinski definition) is 1. The van der Waals surface area contributed by atoms with E-state index in [0.717, 1.165) is 16.5 Å². The van der Waals surface area contributed by atoms with Crippen molar-refractivity contribution in [2.75, 3.05) is 31.6 Å². The lowest BCUT2D eigenvalue weighted by atomic mass is 9.74. The number of aliphatic hydroxyl groups excluding tert-OH is 1. The number of carbonyl (C=O) groups is 3. The molecule has 39 heavy (non-hydrogen) atoms. The lowest BCUT2D eigenvalue weighted by Gasteiger charge is -2.41. The van der Waals surface area contributed by atoms with Crippen LogP contribution < -0.4 is 4.90 Å². The second-order valence-electron chi connectivity index (χ2n) is 11.7. The van der Waals surface area contributed by atoms with Gasteiger partial charge in [-0.05, 0) is 35.7 Å². The molecule has 6 atom stereocenters. The quantitative estimate of drug-likeness (QED) is 0.616. The maximum absolute atomic E-state index is 14.6. The fraction of sp³-hybridized carbons (Fsp3) is 0.452. The molecule has 2 fully saturated rings. The number of anilines is 1. The minimum absolute atomic E-state index is 0.122. The zero-order valence-electron chi connectivity index (χ0n) is 22.8. The molecular formula is C31H35N3O5. The first-order valence-electron chi connectivity index (χ1n) is 13.7. The van der Waals surface area contributed by atoms with Gasteiger partial charge in [0.1, 0.15) is 11.6 Å². The van der Waals surface area contributed by atoms with Crippen molar-refractivity contribution < 1.29 is 24.2 Å². The van der Waals surface area contributed by atoms with E-state index in [2.05, 4.69) is 0 Å². The van der Waals surface area contributed by atoms with Crippen molar-refractivity contribution >= 4 is 34.2 Å². The number of aliphatic hydroxyl groups is 1. The van der Waals surface area contributed by atoms with Crippen LogP contribution in [0.1, 0.15) is 20.8 Å². The Morgan fingerprint density at radius 2 is 1.67 bits per heavy atom. The van der Waals surface area contributed by atoms with Gasteiger partial charge in [-0.1, -0.05) is 68.5 Å². The Balaban J connectivity index is 1.52. The van der Waals surface area contributed by atoms with E-state index >= 15 is 0 Å². The van der Waals surface area contributed by atoms with Crippen LogP contribution in [-0.4, -0.2) is 82.7 Å². The molecule has 1 unspecified atom stereocenters. The van der Waals surface area contributed by atoms with Gasteiger partial charge >= 0.3 is 0 Å². The van der Waals surface area contributed by atoms with E-state index < -0.39 is 35.1 Å². The summed E-state index contributed by atoms with van der Waals surface area (Å²) >= 11 is 0. The van der Waals surface area contributed by atoms with Gasteiger partial charge < -0.3 is 24.5 Å². The van der Waals surface area contributed by atoms with E-state index in [4.69, 9.17) is 4.74 Å². The summed E-state index contributed by atoms with van der Waals surface area (Å²) in [5.74, 6) is -2.60. The fourth-order valence-electron chi connectivity index (χ4n) is 7.14. The highest BCUT2D eigenvalue weighted by atomic mass is 16.5. The van der Waals surface area contributed by atoms with Gasteiger partial charge in [0.2, 0.25) is 11.8 Å². The molecule has 8 nitrogen and oxygen atoms in total. The molecule has 6 rings (SSSR count). The number of benzene rings is 2. The molecule has 4 aliphatic rings. The average Bonchev–Trinajstić information content (AvgIpc) is 3.18. The number of amides is 3. The molecule has 1 spiro atoms. The Bertz CT molecular complexity index is 1420. The zero-order chi connectivity index (χ0) is 27.7. The number of fused-ring (bicyclic) bond motifs is 3. The molecule has 8 heteroatoms. The Hall–Kier alpha value is -3.49. The van der Waals surface area contributed by atoms with E-state index in [1.807, 2.05) is 87.5 Å². The van der Waals surface area contributed by atoms with Crippen LogP contribution in [0.2, 0.25) is 0 Å². The Morgan fingerprint density at radius 3 is 2.38 bits per heavy atom. The highest BCUT2D eigenvalue weighted by Crippen LogP contribution is 2.58. The first kappa shape index (κ1) is 25.8. The summed E-state index contributed by atoms with van der Waals surface area (Å²) in [5.41, 5.74) is -1.68. The van der Waals surface area contributed by atoms with Crippen LogP contribution in [0.3, 0.4) is 0 Å². The number of nitrogens with zero attached hydrogens (tertiary/aromatic N) is 3. The fourth-order valence-corrected chi connectivity index (χ4v) is 7.14. The molecule has 3 amide bonds. The van der Waals surface area contributed by atoms with Crippen molar-refractivity contribution in [3.63, 3.8) is 0 Å². The topological polar surface area (TPSA) is 90.4 Å². The van der Waals surface area contributed by atoms with Crippen LogP contribution >= 0.6 is 0 Å². The van der Waals surface area contributed by atoms with E-state index in [1.165, 1.54) is 4.90 Å². The minimum atomic E-state index is -1.35. The molecule has 0 aromatic heterocycles. The van der Waals surface area contributed by atoms with Crippen molar-refractivity contribution in [1.82, 2.24) is 9.80 Å². The van der Waals surface area contributed by atoms with Gasteiger partial charge in [0.25, 0.3) is 5.91 Å². The third-order valence-corrected chi connectivity index (χ3v) is 9.05. The summed E-state index contributed by atoms with van der Waals surface area (Å²) in [6, 6.07) is 12.2. The molecule has 4 heterocycles. The number of likely N-dealkylation sites (N-methyl/N-ethyl adjacent to an activating group) is 1. The normalized spacial score (nSPS) is 32.9. The summed E-state index contributed by atoms with van der Waals surface area (Å²) < 4.78 is 6.83. The first-order chi connectivity index (χ1) is 18.6. The first-order valence-corrected chi connectivity index (χ1v) is 13.7. The molecule has 2 saturated heterocycles. The van der Waals surface area contributed by atoms with Crippen molar-refractivity contribution in [3.05, 3.63) is 66.8 Å². The number of ether oxygens (including phenoxy) is 1. The molecule has 0 bridgehead atoms. The van der Waals surface area contributed by atoms with Gasteiger partial charge in [-0.25, -0.2) is 0 Å². The average molecular weight is 530 g/mol. The van der Waals surface area contributed by atoms with Crippen LogP contribution in [0.4, 0.5) is 5.69 Å². The van der Waals surface area contributed by atoms with Crippen molar-refractivity contribution in [2.45, 2.75) is 44.1 Å². The maximum Gasteiger partial charge on any atom is 0.253 e. The van der Waals surface area contributed by atoms with Gasteiger partial charge in [0.05, 0.1) is 30.1 Å². The van der Waals surface area contributed by atoms with Gasteiger partial charge in [-0.3, -0.25) is 14.4 Å². The third-order valence-electron chi connectivity index (χ3n) is 9.05. The molecule has 0 saturated carbocycles. The van der Waals surface area contributed by atoms with Crippen molar-refractivity contribution in [3.8, 4) is 0 Å². The standard InChI is InChI=1S/C31H35N3O5/c1-19(2)23(18-35)34-26-29(38)33(22-12-11-20-9-5-6-10-21(20)17-22)16-8-14-31(26)25(28(34)37)24-27(36)32(4)15-7-13-30(24,3)39-31/h5-14,17,19,23-26,35H,15-16,18H2,1-4H3/t23-,24+,25-,26?,30-,31-/m0/s1. The SMILES string of the molecule is CC(C)[C@H](CO)N1C(=O)[C@@H]2[C@@H]3C(=O)N(C)CC=C[C@]3(C)O[C@@]23C=CCN(c2ccc4ccccc4c2)C(=O)C13. The van der Waals surface area contributed by atoms with Gasteiger partial charge in [-0.15, -0.1) is 0 Å². The van der Waals surface area contributed by atoms with Crippen LogP contribution in [0, 0.1) is 17.8 Å². The largest absolute Gasteiger partial charge is 0.394 e. The van der Waals surface area contributed by atoms with Gasteiger partial charge in [-0.2, -0.15) is 0 Å². The smallest absolute Gasteiger partial charge is 0.253 e. The highest BCUT2D eigenvalue weighted by molar-refractivity contribution is 6.06. The van der Waals surface area contributed by atoms with Gasteiger partial charge in [0.15, 0.2) is 0 Å². The lowest BCUT2D eigenvalue weighted by molar-refractivity contribution is -0.151. The van der Waals surface area contributed by atoms with Crippen LogP contribution in [0.5, 0.6) is 0 Å². The van der Waals surface area contributed by atoms with Crippen LogP contribution in [0.25, 0.3) is 10.8 Å². The highest BCUT2D eigenvalue weighted by Gasteiger charge is 2.75. The van der Waals surface area contributed by atoms with Crippen LogP contribution in [0.15, 0.2) is 66.8 Å². The molecule has 4 aliphatic heterocycles. The number of rotatable bonds is 4. The Morgan fingerprint density at radius 1 is 0.949 bits per heavy atom. The molecule has 2 aromatic rings. The summed E-state index contributed by atoms with van der Waals surface area (Å²) in [5, 5.41) is 12.5. The summed E-state index contributed by atoms with van der Waals surface area (Å²) in [7, 11) is 1.72. The van der Waals surface area contributed by atoms with E-state index in [0.29, 0.717) is 13.1 Å². The molecule has 0 aliphatic carbocycles. The van der Waals surface area contributed by atoms with E-state index in [9.17, 15) is 19.5 Å². The number of likely N-dealkylation sites (tertiary alicyclic amines) is 1. The second kappa shape index (κ2) is 9.03.